The Balaban J connectivity index is 1.71. The zero-order valence-electron chi connectivity index (χ0n) is 11.4. The Hall–Kier alpha value is -2.14. The molecule has 20 heavy (non-hydrogen) atoms. The van der Waals surface area contributed by atoms with Gasteiger partial charge >= 0.3 is 0 Å². The van der Waals surface area contributed by atoms with Crippen molar-refractivity contribution in [3.63, 3.8) is 0 Å². The SMILES string of the molecule is COc1ccc(-c2ncc(OC3CCNC3)cn2)cc1. The van der Waals surface area contributed by atoms with Crippen LogP contribution in [0.15, 0.2) is 36.7 Å². The van der Waals surface area contributed by atoms with E-state index in [1.807, 2.05) is 24.3 Å². The van der Waals surface area contributed by atoms with Crippen molar-refractivity contribution >= 4 is 0 Å². The number of nitrogens with zero attached hydrogens (tertiary/aromatic N) is 2. The van der Waals surface area contributed by atoms with Crippen LogP contribution in [0, 0.1) is 0 Å². The smallest absolute Gasteiger partial charge is 0.159 e. The van der Waals surface area contributed by atoms with Crippen LogP contribution < -0.4 is 14.8 Å². The van der Waals surface area contributed by atoms with Gasteiger partial charge in [0.15, 0.2) is 11.6 Å². The summed E-state index contributed by atoms with van der Waals surface area (Å²) in [5.74, 6) is 2.22. The Morgan fingerprint density at radius 3 is 2.45 bits per heavy atom. The lowest BCUT2D eigenvalue weighted by atomic mass is 10.2. The molecule has 1 fully saturated rings. The van der Waals surface area contributed by atoms with Crippen molar-refractivity contribution in [2.75, 3.05) is 20.2 Å². The summed E-state index contributed by atoms with van der Waals surface area (Å²) in [4.78, 5) is 8.70. The third-order valence-corrected chi connectivity index (χ3v) is 3.29. The minimum atomic E-state index is 0.227. The van der Waals surface area contributed by atoms with Crippen LogP contribution in [0.25, 0.3) is 11.4 Å². The molecular formula is C15H17N3O2. The van der Waals surface area contributed by atoms with E-state index in [2.05, 4.69) is 15.3 Å². The third-order valence-electron chi connectivity index (χ3n) is 3.29. The highest BCUT2D eigenvalue weighted by Gasteiger charge is 2.16. The van der Waals surface area contributed by atoms with Crippen molar-refractivity contribution < 1.29 is 9.47 Å². The van der Waals surface area contributed by atoms with Crippen LogP contribution in [0.3, 0.4) is 0 Å². The number of benzene rings is 1. The Morgan fingerprint density at radius 2 is 1.85 bits per heavy atom. The van der Waals surface area contributed by atoms with E-state index in [0.717, 1.165) is 36.6 Å². The summed E-state index contributed by atoms with van der Waals surface area (Å²) in [7, 11) is 1.65. The molecule has 0 bridgehead atoms. The largest absolute Gasteiger partial charge is 0.497 e. The maximum atomic E-state index is 5.80. The normalized spacial score (nSPS) is 17.9. The number of rotatable bonds is 4. The second kappa shape index (κ2) is 5.88. The lowest BCUT2D eigenvalue weighted by molar-refractivity contribution is 0.221. The number of hydrogen-bond donors (Lipinski definition) is 1. The van der Waals surface area contributed by atoms with Gasteiger partial charge in [-0.15, -0.1) is 0 Å². The molecule has 1 saturated heterocycles. The summed E-state index contributed by atoms with van der Waals surface area (Å²) in [5, 5.41) is 3.26. The lowest BCUT2D eigenvalue weighted by Crippen LogP contribution is -2.19. The molecule has 1 N–H and O–H groups in total. The monoisotopic (exact) mass is 271 g/mol. The molecule has 5 nitrogen and oxygen atoms in total. The minimum Gasteiger partial charge on any atom is -0.497 e. The first kappa shape index (κ1) is 12.9. The molecule has 0 aliphatic carbocycles. The average Bonchev–Trinajstić information content (AvgIpc) is 3.01. The van der Waals surface area contributed by atoms with Crippen LogP contribution >= 0.6 is 0 Å². The van der Waals surface area contributed by atoms with Crippen LogP contribution in [-0.2, 0) is 0 Å². The van der Waals surface area contributed by atoms with Crippen LogP contribution in [0.2, 0.25) is 0 Å². The van der Waals surface area contributed by atoms with Gasteiger partial charge < -0.3 is 14.8 Å². The molecule has 0 radical (unpaired) electrons. The number of methoxy groups -OCH3 is 1. The maximum Gasteiger partial charge on any atom is 0.159 e. The molecule has 0 saturated carbocycles. The third kappa shape index (κ3) is 2.88. The predicted octanol–water partition coefficient (Wildman–Crippen LogP) is 1.89. The zero-order valence-corrected chi connectivity index (χ0v) is 11.4. The second-order valence-electron chi connectivity index (χ2n) is 4.70. The molecule has 1 aliphatic heterocycles. The molecule has 0 spiro atoms. The van der Waals surface area contributed by atoms with Crippen molar-refractivity contribution in [1.29, 1.82) is 0 Å². The van der Waals surface area contributed by atoms with Gasteiger partial charge in [0.05, 0.1) is 19.5 Å². The van der Waals surface area contributed by atoms with Crippen molar-refractivity contribution in [2.24, 2.45) is 0 Å². The first-order valence-corrected chi connectivity index (χ1v) is 6.69. The van der Waals surface area contributed by atoms with Gasteiger partial charge in [-0.3, -0.25) is 0 Å². The number of nitrogens with one attached hydrogen (secondary N) is 1. The van der Waals surface area contributed by atoms with Gasteiger partial charge in [0.2, 0.25) is 0 Å². The van der Waals surface area contributed by atoms with E-state index in [9.17, 15) is 0 Å². The van der Waals surface area contributed by atoms with Crippen molar-refractivity contribution in [1.82, 2.24) is 15.3 Å². The molecule has 1 aromatic carbocycles. The summed E-state index contributed by atoms with van der Waals surface area (Å²) in [6.07, 6.45) is 4.71. The van der Waals surface area contributed by atoms with Gasteiger partial charge in [-0.2, -0.15) is 0 Å². The van der Waals surface area contributed by atoms with E-state index < -0.39 is 0 Å². The summed E-state index contributed by atoms with van der Waals surface area (Å²) >= 11 is 0. The van der Waals surface area contributed by atoms with Gasteiger partial charge in [0.25, 0.3) is 0 Å². The molecule has 104 valence electrons. The van der Waals surface area contributed by atoms with E-state index in [-0.39, 0.29) is 6.10 Å². The van der Waals surface area contributed by atoms with Crippen LogP contribution in [-0.4, -0.2) is 36.3 Å². The molecule has 3 rings (SSSR count). The van der Waals surface area contributed by atoms with E-state index in [4.69, 9.17) is 9.47 Å². The fourth-order valence-electron chi connectivity index (χ4n) is 2.19. The minimum absolute atomic E-state index is 0.227. The molecule has 2 heterocycles. The molecular weight excluding hydrogens is 254 g/mol. The summed E-state index contributed by atoms with van der Waals surface area (Å²) in [5.41, 5.74) is 0.958. The average molecular weight is 271 g/mol. The van der Waals surface area contributed by atoms with Gasteiger partial charge in [-0.25, -0.2) is 9.97 Å². The van der Waals surface area contributed by atoms with E-state index in [1.54, 1.807) is 19.5 Å². The number of aromatic nitrogens is 2. The van der Waals surface area contributed by atoms with Gasteiger partial charge in [0.1, 0.15) is 11.9 Å². The summed E-state index contributed by atoms with van der Waals surface area (Å²) in [6.45, 7) is 1.90. The van der Waals surface area contributed by atoms with E-state index >= 15 is 0 Å². The van der Waals surface area contributed by atoms with Gasteiger partial charge in [0, 0.05) is 12.1 Å². The first-order valence-electron chi connectivity index (χ1n) is 6.69. The molecule has 1 atom stereocenters. The molecule has 1 unspecified atom stereocenters. The van der Waals surface area contributed by atoms with Gasteiger partial charge in [-0.1, -0.05) is 0 Å². The highest BCUT2D eigenvalue weighted by Crippen LogP contribution is 2.20. The van der Waals surface area contributed by atoms with E-state index in [1.165, 1.54) is 0 Å². The predicted molar refractivity (Wildman–Crippen MR) is 75.9 cm³/mol. The Morgan fingerprint density at radius 1 is 1.10 bits per heavy atom. The molecule has 1 aromatic heterocycles. The lowest BCUT2D eigenvalue weighted by Gasteiger charge is -2.11. The van der Waals surface area contributed by atoms with E-state index in [0.29, 0.717) is 5.82 Å². The quantitative estimate of drug-likeness (QED) is 0.920. The first-order chi connectivity index (χ1) is 9.85. The van der Waals surface area contributed by atoms with Crippen LogP contribution in [0.4, 0.5) is 0 Å². The van der Waals surface area contributed by atoms with Crippen LogP contribution in [0.5, 0.6) is 11.5 Å². The maximum absolute atomic E-state index is 5.80. The highest BCUT2D eigenvalue weighted by molar-refractivity contribution is 5.56. The van der Waals surface area contributed by atoms with Crippen molar-refractivity contribution in [3.8, 4) is 22.9 Å². The van der Waals surface area contributed by atoms with Gasteiger partial charge in [-0.05, 0) is 37.2 Å². The van der Waals surface area contributed by atoms with Crippen LogP contribution in [0.1, 0.15) is 6.42 Å². The summed E-state index contributed by atoms with van der Waals surface area (Å²) in [6, 6.07) is 7.67. The fraction of sp³-hybridized carbons (Fsp3) is 0.333. The molecule has 5 heteroatoms. The number of ether oxygens (including phenoxy) is 2. The van der Waals surface area contributed by atoms with Crippen molar-refractivity contribution in [3.05, 3.63) is 36.7 Å². The topological polar surface area (TPSA) is 56.3 Å². The highest BCUT2D eigenvalue weighted by atomic mass is 16.5. The second-order valence-corrected chi connectivity index (χ2v) is 4.70. The fourth-order valence-corrected chi connectivity index (χ4v) is 2.19. The Labute approximate surface area is 118 Å². The standard InChI is InChI=1S/C15H17N3O2/c1-19-12-4-2-11(3-5-12)15-17-9-14(10-18-15)20-13-6-7-16-8-13/h2-5,9-10,13,16H,6-8H2,1H3. The number of hydrogen-bond acceptors (Lipinski definition) is 5. The molecule has 2 aromatic rings. The van der Waals surface area contributed by atoms with Crippen molar-refractivity contribution in [2.45, 2.75) is 12.5 Å². The molecule has 0 amide bonds. The Bertz CT molecular complexity index is 548. The molecule has 1 aliphatic rings. The summed E-state index contributed by atoms with van der Waals surface area (Å²) < 4.78 is 10.9. The Kier molecular flexibility index (Phi) is 3.78. The zero-order chi connectivity index (χ0) is 13.8.